The fraction of sp³-hybridized carbons (Fsp3) is 0.545. The van der Waals surface area contributed by atoms with Crippen LogP contribution in [0.4, 0.5) is 4.79 Å². The first kappa shape index (κ1) is 11.6. The van der Waals surface area contributed by atoms with Crippen LogP contribution in [0.2, 0.25) is 0 Å². The molecule has 2 aliphatic rings. The molecule has 17 heavy (non-hydrogen) atoms. The lowest BCUT2D eigenvalue weighted by Crippen LogP contribution is -2.37. The lowest BCUT2D eigenvalue weighted by molar-refractivity contribution is -0.125. The Kier molecular flexibility index (Phi) is 2.65. The first-order valence-electron chi connectivity index (χ1n) is 5.39. The molecule has 0 aromatic heterocycles. The first-order chi connectivity index (χ1) is 7.88. The highest BCUT2D eigenvalue weighted by atomic mass is 16.6. The van der Waals surface area contributed by atoms with Crippen LogP contribution < -0.4 is 0 Å². The van der Waals surface area contributed by atoms with E-state index < -0.39 is 11.7 Å². The summed E-state index contributed by atoms with van der Waals surface area (Å²) in [6.45, 7) is 5.86. The van der Waals surface area contributed by atoms with Gasteiger partial charge in [-0.2, -0.15) is 4.90 Å². The van der Waals surface area contributed by atoms with Gasteiger partial charge in [0, 0.05) is 6.21 Å². The molecule has 0 atom stereocenters. The standard InChI is InChI=1S/C11H15N3O3/c1-11(2,3)17-10(16)14-8-4-5-12-7-13(8)6-9(14)15/h4-5H,6-7H2,1-3H3. The van der Waals surface area contributed by atoms with E-state index in [0.717, 1.165) is 4.90 Å². The fourth-order valence-electron chi connectivity index (χ4n) is 1.65. The molecule has 2 heterocycles. The molecule has 0 radical (unpaired) electrons. The Morgan fingerprint density at radius 2 is 2.18 bits per heavy atom. The molecule has 6 nitrogen and oxygen atoms in total. The van der Waals surface area contributed by atoms with Gasteiger partial charge in [0.2, 0.25) is 0 Å². The zero-order valence-electron chi connectivity index (χ0n) is 10.1. The van der Waals surface area contributed by atoms with E-state index in [4.69, 9.17) is 4.74 Å². The average Bonchev–Trinajstić information content (AvgIpc) is 2.50. The number of fused-ring (bicyclic) bond motifs is 1. The summed E-state index contributed by atoms with van der Waals surface area (Å²) in [5.74, 6) is 0.259. The van der Waals surface area contributed by atoms with Crippen LogP contribution in [0.3, 0.4) is 0 Å². The predicted molar refractivity (Wildman–Crippen MR) is 61.2 cm³/mol. The van der Waals surface area contributed by atoms with Crippen LogP contribution in [-0.2, 0) is 9.53 Å². The van der Waals surface area contributed by atoms with Crippen molar-refractivity contribution < 1.29 is 14.3 Å². The summed E-state index contributed by atoms with van der Waals surface area (Å²) in [6, 6.07) is 0. The third kappa shape index (κ3) is 2.30. The normalized spacial score (nSPS) is 19.2. The molecule has 0 aromatic rings. The van der Waals surface area contributed by atoms with Crippen molar-refractivity contribution in [2.24, 2.45) is 4.99 Å². The molecule has 1 fully saturated rings. The van der Waals surface area contributed by atoms with E-state index in [2.05, 4.69) is 4.99 Å². The third-order valence-electron chi connectivity index (χ3n) is 2.29. The number of imide groups is 1. The Morgan fingerprint density at radius 1 is 1.47 bits per heavy atom. The van der Waals surface area contributed by atoms with Gasteiger partial charge in [0.1, 0.15) is 24.6 Å². The number of rotatable bonds is 0. The minimum absolute atomic E-state index is 0.169. The Hall–Kier alpha value is -1.85. The van der Waals surface area contributed by atoms with Gasteiger partial charge in [-0.15, -0.1) is 0 Å². The highest BCUT2D eigenvalue weighted by molar-refractivity contribution is 5.98. The molecular formula is C11H15N3O3. The Morgan fingerprint density at radius 3 is 2.82 bits per heavy atom. The number of allylic oxidation sites excluding steroid dienone is 1. The monoisotopic (exact) mass is 237 g/mol. The lowest BCUT2D eigenvalue weighted by Gasteiger charge is -2.25. The number of hydrogen-bond acceptors (Lipinski definition) is 5. The van der Waals surface area contributed by atoms with Crippen LogP contribution in [0.1, 0.15) is 20.8 Å². The minimum Gasteiger partial charge on any atom is -0.443 e. The van der Waals surface area contributed by atoms with Crippen LogP contribution in [0.25, 0.3) is 0 Å². The van der Waals surface area contributed by atoms with E-state index in [9.17, 15) is 9.59 Å². The molecule has 0 aliphatic carbocycles. The molecule has 6 heteroatoms. The van der Waals surface area contributed by atoms with Crippen molar-refractivity contribution in [3.8, 4) is 0 Å². The van der Waals surface area contributed by atoms with Gasteiger partial charge >= 0.3 is 6.09 Å². The maximum Gasteiger partial charge on any atom is 0.422 e. The molecule has 2 amide bonds. The summed E-state index contributed by atoms with van der Waals surface area (Å²) in [6.07, 6.45) is 2.59. The topological polar surface area (TPSA) is 62.2 Å². The summed E-state index contributed by atoms with van der Waals surface area (Å²) < 4.78 is 5.20. The molecule has 0 spiro atoms. The van der Waals surface area contributed by atoms with E-state index >= 15 is 0 Å². The van der Waals surface area contributed by atoms with E-state index in [0.29, 0.717) is 12.5 Å². The largest absolute Gasteiger partial charge is 0.443 e. The van der Waals surface area contributed by atoms with Crippen LogP contribution in [0.15, 0.2) is 16.9 Å². The zero-order chi connectivity index (χ0) is 12.6. The lowest BCUT2D eigenvalue weighted by atomic mass is 10.2. The zero-order valence-corrected chi connectivity index (χ0v) is 10.1. The van der Waals surface area contributed by atoms with Crippen molar-refractivity contribution in [2.75, 3.05) is 13.2 Å². The molecule has 0 saturated carbocycles. The molecule has 0 unspecified atom stereocenters. The second kappa shape index (κ2) is 3.87. The van der Waals surface area contributed by atoms with Crippen molar-refractivity contribution in [1.82, 2.24) is 9.80 Å². The van der Waals surface area contributed by atoms with Gasteiger partial charge in [-0.1, -0.05) is 0 Å². The summed E-state index contributed by atoms with van der Waals surface area (Å²) in [7, 11) is 0. The fourth-order valence-corrected chi connectivity index (χ4v) is 1.65. The van der Waals surface area contributed by atoms with Crippen LogP contribution in [0.5, 0.6) is 0 Å². The first-order valence-corrected chi connectivity index (χ1v) is 5.39. The van der Waals surface area contributed by atoms with Gasteiger partial charge in [0.15, 0.2) is 0 Å². The maximum atomic E-state index is 11.9. The van der Waals surface area contributed by atoms with Gasteiger partial charge in [0.25, 0.3) is 5.91 Å². The number of hydrogen-bond donors (Lipinski definition) is 0. The smallest absolute Gasteiger partial charge is 0.422 e. The van der Waals surface area contributed by atoms with Crippen molar-refractivity contribution >= 4 is 18.2 Å². The molecule has 2 rings (SSSR count). The molecule has 1 saturated heterocycles. The predicted octanol–water partition coefficient (Wildman–Crippen LogP) is 0.949. The van der Waals surface area contributed by atoms with Crippen LogP contribution in [0, 0.1) is 0 Å². The van der Waals surface area contributed by atoms with E-state index in [-0.39, 0.29) is 12.5 Å². The van der Waals surface area contributed by atoms with Crippen LogP contribution >= 0.6 is 0 Å². The Labute approximate surface area is 99.5 Å². The van der Waals surface area contributed by atoms with Gasteiger partial charge in [-0.3, -0.25) is 9.79 Å². The van der Waals surface area contributed by atoms with Crippen molar-refractivity contribution in [2.45, 2.75) is 26.4 Å². The molecule has 0 bridgehead atoms. The maximum absolute atomic E-state index is 11.9. The summed E-state index contributed by atoms with van der Waals surface area (Å²) in [4.78, 5) is 30.5. The highest BCUT2D eigenvalue weighted by Gasteiger charge is 2.39. The number of aliphatic imine (C=N–C) groups is 1. The van der Waals surface area contributed by atoms with E-state index in [1.54, 1.807) is 38.0 Å². The molecule has 0 aromatic carbocycles. The summed E-state index contributed by atoms with van der Waals surface area (Å²) >= 11 is 0. The van der Waals surface area contributed by atoms with Gasteiger partial charge in [0.05, 0.1) is 0 Å². The number of carbonyl (C=O) groups excluding carboxylic acids is 2. The average molecular weight is 237 g/mol. The van der Waals surface area contributed by atoms with Gasteiger partial charge in [-0.05, 0) is 26.8 Å². The molecule has 0 N–H and O–H groups in total. The van der Waals surface area contributed by atoms with Crippen molar-refractivity contribution in [3.05, 3.63) is 11.9 Å². The summed E-state index contributed by atoms with van der Waals surface area (Å²) in [5.41, 5.74) is -0.617. The van der Waals surface area contributed by atoms with Crippen molar-refractivity contribution in [1.29, 1.82) is 0 Å². The second-order valence-electron chi connectivity index (χ2n) is 4.91. The SMILES string of the molecule is CC(C)(C)OC(=O)N1C(=O)CN2CN=CC=C21. The second-order valence-corrected chi connectivity index (χ2v) is 4.91. The molecule has 92 valence electrons. The number of ether oxygens (including phenoxy) is 1. The van der Waals surface area contributed by atoms with Gasteiger partial charge < -0.3 is 9.64 Å². The highest BCUT2D eigenvalue weighted by Crippen LogP contribution is 2.23. The number of amides is 2. The van der Waals surface area contributed by atoms with Crippen molar-refractivity contribution in [3.63, 3.8) is 0 Å². The van der Waals surface area contributed by atoms with E-state index in [1.165, 1.54) is 0 Å². The van der Waals surface area contributed by atoms with Gasteiger partial charge in [-0.25, -0.2) is 4.79 Å². The quantitative estimate of drug-likeness (QED) is 0.629. The summed E-state index contributed by atoms with van der Waals surface area (Å²) in [5, 5.41) is 0. The third-order valence-corrected chi connectivity index (χ3v) is 2.29. The minimum atomic E-state index is -0.633. The molecular weight excluding hydrogens is 222 g/mol. The number of nitrogens with zero attached hydrogens (tertiary/aromatic N) is 3. The Balaban J connectivity index is 2.19. The number of carbonyl (C=O) groups is 2. The van der Waals surface area contributed by atoms with E-state index in [1.807, 2.05) is 0 Å². The van der Waals surface area contributed by atoms with Crippen LogP contribution in [-0.4, -0.2) is 46.8 Å². The Bertz CT molecular complexity index is 420. The molecule has 2 aliphatic heterocycles.